The van der Waals surface area contributed by atoms with Crippen molar-refractivity contribution in [2.45, 2.75) is 0 Å². The molecule has 0 unspecified atom stereocenters. The molecule has 0 spiro atoms. The molecule has 148 valence electrons. The quantitative estimate of drug-likeness (QED) is 0.699. The zero-order valence-corrected chi connectivity index (χ0v) is 16.4. The Morgan fingerprint density at radius 3 is 2.24 bits per heavy atom. The van der Waals surface area contributed by atoms with E-state index in [1.165, 1.54) is 11.9 Å². The zero-order valence-electron chi connectivity index (χ0n) is 16.4. The van der Waals surface area contributed by atoms with Gasteiger partial charge in [-0.1, -0.05) is 18.2 Å². The van der Waals surface area contributed by atoms with Crippen LogP contribution in [0.2, 0.25) is 0 Å². The molecule has 29 heavy (non-hydrogen) atoms. The number of para-hydroxylation sites is 1. The fourth-order valence-electron chi connectivity index (χ4n) is 3.19. The minimum atomic E-state index is -0.281. The predicted octanol–water partition coefficient (Wildman–Crippen LogP) is 3.22. The highest BCUT2D eigenvalue weighted by molar-refractivity contribution is 6.02. The number of anilines is 4. The molecular weight excluding hydrogens is 364 g/mol. The second-order valence-electron chi connectivity index (χ2n) is 7.07. The third kappa shape index (κ3) is 4.89. The molecule has 1 aliphatic rings. The monoisotopic (exact) mass is 388 g/mol. The number of rotatable bonds is 5. The molecule has 0 atom stereocenters. The number of carbonyl (C=O) groups is 1. The maximum Gasteiger partial charge on any atom is 0.275 e. The predicted molar refractivity (Wildman–Crippen MR) is 116 cm³/mol. The first-order valence-electron chi connectivity index (χ1n) is 9.66. The van der Waals surface area contributed by atoms with Crippen LogP contribution >= 0.6 is 0 Å². The van der Waals surface area contributed by atoms with Gasteiger partial charge >= 0.3 is 0 Å². The molecule has 0 bridgehead atoms. The van der Waals surface area contributed by atoms with Crippen molar-refractivity contribution in [2.24, 2.45) is 0 Å². The SMILES string of the molecule is CN1CCN(c2ccc(NC(=O)c3cnc(Nc4ccccc4)cn3)cc2)CC1. The van der Waals surface area contributed by atoms with Crippen LogP contribution in [0.15, 0.2) is 67.0 Å². The molecular formula is C22H24N6O. The fraction of sp³-hybridized carbons (Fsp3) is 0.227. The van der Waals surface area contributed by atoms with E-state index < -0.39 is 0 Å². The Morgan fingerprint density at radius 1 is 0.862 bits per heavy atom. The Morgan fingerprint density at radius 2 is 1.59 bits per heavy atom. The number of piperazine rings is 1. The van der Waals surface area contributed by atoms with E-state index >= 15 is 0 Å². The lowest BCUT2D eigenvalue weighted by atomic mass is 10.2. The highest BCUT2D eigenvalue weighted by atomic mass is 16.1. The smallest absolute Gasteiger partial charge is 0.275 e. The second kappa shape index (κ2) is 8.70. The molecule has 7 heteroatoms. The van der Waals surface area contributed by atoms with Crippen molar-refractivity contribution in [3.05, 3.63) is 72.7 Å². The van der Waals surface area contributed by atoms with Crippen LogP contribution in [0.1, 0.15) is 10.5 Å². The van der Waals surface area contributed by atoms with Gasteiger partial charge in [-0.25, -0.2) is 9.97 Å². The number of hydrogen-bond donors (Lipinski definition) is 2. The summed E-state index contributed by atoms with van der Waals surface area (Å²) in [7, 11) is 2.14. The first kappa shape index (κ1) is 18.9. The van der Waals surface area contributed by atoms with E-state index in [0.29, 0.717) is 5.82 Å². The molecule has 7 nitrogen and oxygen atoms in total. The van der Waals surface area contributed by atoms with Crippen molar-refractivity contribution in [1.29, 1.82) is 0 Å². The number of aromatic nitrogens is 2. The molecule has 1 saturated heterocycles. The highest BCUT2D eigenvalue weighted by Crippen LogP contribution is 2.20. The van der Waals surface area contributed by atoms with Crippen molar-refractivity contribution < 1.29 is 4.79 Å². The van der Waals surface area contributed by atoms with Crippen LogP contribution in [-0.4, -0.2) is 54.0 Å². The minimum Gasteiger partial charge on any atom is -0.369 e. The van der Waals surface area contributed by atoms with Gasteiger partial charge in [0.1, 0.15) is 11.5 Å². The minimum absolute atomic E-state index is 0.270. The van der Waals surface area contributed by atoms with Gasteiger partial charge in [-0.3, -0.25) is 4.79 Å². The van der Waals surface area contributed by atoms with E-state index in [9.17, 15) is 4.79 Å². The number of carbonyl (C=O) groups excluding carboxylic acids is 1. The summed E-state index contributed by atoms with van der Waals surface area (Å²) in [6.07, 6.45) is 3.03. The van der Waals surface area contributed by atoms with E-state index in [0.717, 1.165) is 37.6 Å². The number of nitrogens with one attached hydrogen (secondary N) is 2. The van der Waals surface area contributed by atoms with Gasteiger partial charge in [-0.15, -0.1) is 0 Å². The largest absolute Gasteiger partial charge is 0.369 e. The highest BCUT2D eigenvalue weighted by Gasteiger charge is 2.14. The Kier molecular flexibility index (Phi) is 5.67. The molecule has 1 aliphatic heterocycles. The van der Waals surface area contributed by atoms with Crippen molar-refractivity contribution in [3.63, 3.8) is 0 Å². The first-order valence-corrected chi connectivity index (χ1v) is 9.66. The van der Waals surface area contributed by atoms with Crippen LogP contribution in [0.3, 0.4) is 0 Å². The maximum atomic E-state index is 12.5. The molecule has 0 radical (unpaired) electrons. The average molecular weight is 388 g/mol. The third-order valence-electron chi connectivity index (χ3n) is 4.92. The lowest BCUT2D eigenvalue weighted by molar-refractivity contribution is 0.102. The van der Waals surface area contributed by atoms with Crippen molar-refractivity contribution in [3.8, 4) is 0 Å². The fourth-order valence-corrected chi connectivity index (χ4v) is 3.19. The molecule has 4 rings (SSSR count). The standard InChI is InChI=1S/C22H24N6O/c1-27-11-13-28(14-12-27)19-9-7-18(8-10-19)26-22(29)20-15-24-21(16-23-20)25-17-5-3-2-4-6-17/h2-10,15-16H,11-14H2,1H3,(H,24,25)(H,26,29). The summed E-state index contributed by atoms with van der Waals surface area (Å²) in [6.45, 7) is 4.15. The normalized spacial score (nSPS) is 14.4. The molecule has 1 amide bonds. The van der Waals surface area contributed by atoms with E-state index in [-0.39, 0.29) is 11.6 Å². The number of benzene rings is 2. The first-order chi connectivity index (χ1) is 14.2. The van der Waals surface area contributed by atoms with Gasteiger partial charge in [0.15, 0.2) is 0 Å². The van der Waals surface area contributed by atoms with Crippen LogP contribution in [0.25, 0.3) is 0 Å². The number of likely N-dealkylation sites (N-methyl/N-ethyl adjacent to an activating group) is 1. The summed E-state index contributed by atoms with van der Waals surface area (Å²) >= 11 is 0. The number of amides is 1. The van der Waals surface area contributed by atoms with Gasteiger partial charge in [0, 0.05) is 43.2 Å². The third-order valence-corrected chi connectivity index (χ3v) is 4.92. The van der Waals surface area contributed by atoms with Crippen molar-refractivity contribution >= 4 is 28.8 Å². The molecule has 0 saturated carbocycles. The lowest BCUT2D eigenvalue weighted by Crippen LogP contribution is -2.44. The molecule has 0 aliphatic carbocycles. The van der Waals surface area contributed by atoms with Gasteiger partial charge in [-0.05, 0) is 43.4 Å². The lowest BCUT2D eigenvalue weighted by Gasteiger charge is -2.34. The molecule has 1 aromatic heterocycles. The summed E-state index contributed by atoms with van der Waals surface area (Å²) in [5, 5.41) is 6.02. The molecule has 3 aromatic rings. The average Bonchev–Trinajstić information content (AvgIpc) is 2.76. The van der Waals surface area contributed by atoms with Gasteiger partial charge in [0.05, 0.1) is 12.4 Å². The topological polar surface area (TPSA) is 73.4 Å². The molecule has 2 N–H and O–H groups in total. The molecule has 2 heterocycles. The van der Waals surface area contributed by atoms with Crippen LogP contribution in [0, 0.1) is 0 Å². The Hall–Kier alpha value is -3.45. The van der Waals surface area contributed by atoms with Gasteiger partial charge < -0.3 is 20.4 Å². The van der Waals surface area contributed by atoms with Crippen molar-refractivity contribution in [1.82, 2.24) is 14.9 Å². The van der Waals surface area contributed by atoms with Crippen molar-refractivity contribution in [2.75, 3.05) is 48.8 Å². The number of nitrogens with zero attached hydrogens (tertiary/aromatic N) is 4. The van der Waals surface area contributed by atoms with Gasteiger partial charge in [-0.2, -0.15) is 0 Å². The molecule has 2 aromatic carbocycles. The van der Waals surface area contributed by atoms with Crippen LogP contribution in [0.4, 0.5) is 22.9 Å². The summed E-state index contributed by atoms with van der Waals surface area (Å²) in [6, 6.07) is 17.6. The summed E-state index contributed by atoms with van der Waals surface area (Å²) < 4.78 is 0. The Balaban J connectivity index is 1.35. The summed E-state index contributed by atoms with van der Waals surface area (Å²) in [5.74, 6) is 0.306. The van der Waals surface area contributed by atoms with Crippen LogP contribution < -0.4 is 15.5 Å². The van der Waals surface area contributed by atoms with Crippen LogP contribution in [-0.2, 0) is 0 Å². The Labute approximate surface area is 170 Å². The van der Waals surface area contributed by atoms with E-state index in [1.807, 2.05) is 54.6 Å². The van der Waals surface area contributed by atoms with Gasteiger partial charge in [0.2, 0.25) is 0 Å². The second-order valence-corrected chi connectivity index (χ2v) is 7.07. The van der Waals surface area contributed by atoms with Gasteiger partial charge in [0.25, 0.3) is 5.91 Å². The van der Waals surface area contributed by atoms with E-state index in [2.05, 4.69) is 37.4 Å². The zero-order chi connectivity index (χ0) is 20.1. The maximum absolute atomic E-state index is 12.5. The van der Waals surface area contributed by atoms with E-state index in [4.69, 9.17) is 0 Å². The van der Waals surface area contributed by atoms with E-state index in [1.54, 1.807) is 6.20 Å². The number of hydrogen-bond acceptors (Lipinski definition) is 6. The van der Waals surface area contributed by atoms with Crippen LogP contribution in [0.5, 0.6) is 0 Å². The molecule has 1 fully saturated rings. The Bertz CT molecular complexity index is 935. The summed E-state index contributed by atoms with van der Waals surface area (Å²) in [4.78, 5) is 25.6. The summed E-state index contributed by atoms with van der Waals surface area (Å²) in [5.41, 5.74) is 3.10.